The van der Waals surface area contributed by atoms with Crippen molar-refractivity contribution >= 4 is 16.8 Å². The van der Waals surface area contributed by atoms with E-state index in [0.717, 1.165) is 74.0 Å². The van der Waals surface area contributed by atoms with Crippen molar-refractivity contribution in [2.75, 3.05) is 26.3 Å². The molecule has 8 heteroatoms. The zero-order valence-electron chi connectivity index (χ0n) is 21.6. The molecule has 2 unspecified atom stereocenters. The summed E-state index contributed by atoms with van der Waals surface area (Å²) in [5.74, 6) is 2.72. The second kappa shape index (κ2) is 9.98. The predicted molar refractivity (Wildman–Crippen MR) is 144 cm³/mol. The van der Waals surface area contributed by atoms with Crippen molar-refractivity contribution in [3.05, 3.63) is 77.7 Å². The topological polar surface area (TPSA) is 96.0 Å². The first kappa shape index (κ1) is 23.6. The SMILES string of the molecule is O=C(NC(c1ncccn1)C1CCCC1)c1ccc2n[nH]c(C3C=CC(N4CC(C5COC5)C4)=CC3)c2c1. The van der Waals surface area contributed by atoms with Gasteiger partial charge in [-0.2, -0.15) is 5.10 Å². The van der Waals surface area contributed by atoms with Gasteiger partial charge >= 0.3 is 0 Å². The van der Waals surface area contributed by atoms with Crippen molar-refractivity contribution in [3.63, 3.8) is 0 Å². The minimum Gasteiger partial charge on any atom is -0.381 e. The van der Waals surface area contributed by atoms with Crippen LogP contribution >= 0.6 is 0 Å². The highest BCUT2D eigenvalue weighted by atomic mass is 16.5. The molecule has 8 nitrogen and oxygen atoms in total. The summed E-state index contributed by atoms with van der Waals surface area (Å²) in [6.07, 6.45) is 15.8. The van der Waals surface area contributed by atoms with E-state index in [-0.39, 0.29) is 17.9 Å². The Bertz CT molecular complexity index is 1370. The Hall–Kier alpha value is -3.52. The molecule has 0 bridgehead atoms. The summed E-state index contributed by atoms with van der Waals surface area (Å²) in [6, 6.07) is 7.42. The van der Waals surface area contributed by atoms with Gasteiger partial charge in [-0.05, 0) is 55.5 Å². The number of carbonyl (C=O) groups excluding carboxylic acids is 1. The number of amides is 1. The fourth-order valence-electron chi connectivity index (χ4n) is 6.44. The van der Waals surface area contributed by atoms with Crippen molar-refractivity contribution in [2.24, 2.45) is 17.8 Å². The van der Waals surface area contributed by atoms with Gasteiger partial charge in [0.25, 0.3) is 5.91 Å². The van der Waals surface area contributed by atoms with E-state index in [1.165, 1.54) is 18.5 Å². The van der Waals surface area contributed by atoms with E-state index in [1.807, 2.05) is 24.3 Å². The van der Waals surface area contributed by atoms with Crippen LogP contribution < -0.4 is 5.32 Å². The number of likely N-dealkylation sites (tertiary alicyclic amines) is 1. The first-order valence-electron chi connectivity index (χ1n) is 14.0. The quantitative estimate of drug-likeness (QED) is 0.485. The molecule has 1 amide bonds. The smallest absolute Gasteiger partial charge is 0.251 e. The monoisotopic (exact) mass is 510 g/mol. The molecule has 2 aliphatic heterocycles. The van der Waals surface area contributed by atoms with Crippen molar-refractivity contribution < 1.29 is 9.53 Å². The molecule has 196 valence electrons. The van der Waals surface area contributed by atoms with E-state index in [1.54, 1.807) is 12.4 Å². The van der Waals surface area contributed by atoms with E-state index in [2.05, 4.69) is 48.6 Å². The lowest BCUT2D eigenvalue weighted by atomic mass is 9.83. The third kappa shape index (κ3) is 4.41. The number of allylic oxidation sites excluding steroid dienone is 3. The predicted octanol–water partition coefficient (Wildman–Crippen LogP) is 4.52. The molecule has 4 heterocycles. The Balaban J connectivity index is 1.06. The van der Waals surface area contributed by atoms with Gasteiger partial charge < -0.3 is 15.0 Å². The van der Waals surface area contributed by atoms with Gasteiger partial charge in [0.1, 0.15) is 0 Å². The van der Waals surface area contributed by atoms with Crippen molar-refractivity contribution in [2.45, 2.75) is 44.1 Å². The molecule has 2 atom stereocenters. The number of H-pyrrole nitrogens is 1. The van der Waals surface area contributed by atoms with Gasteiger partial charge in [-0.25, -0.2) is 9.97 Å². The zero-order valence-corrected chi connectivity index (χ0v) is 21.6. The van der Waals surface area contributed by atoms with Gasteiger partial charge in [0.05, 0.1) is 30.5 Å². The van der Waals surface area contributed by atoms with Crippen molar-refractivity contribution in [3.8, 4) is 0 Å². The molecule has 2 saturated heterocycles. The summed E-state index contributed by atoms with van der Waals surface area (Å²) in [4.78, 5) is 24.9. The summed E-state index contributed by atoms with van der Waals surface area (Å²) in [5.41, 5.74) is 3.91. The maximum absolute atomic E-state index is 13.5. The van der Waals surface area contributed by atoms with Crippen LogP contribution in [-0.2, 0) is 4.74 Å². The summed E-state index contributed by atoms with van der Waals surface area (Å²) in [7, 11) is 0. The number of hydrogen-bond donors (Lipinski definition) is 2. The highest BCUT2D eigenvalue weighted by molar-refractivity contribution is 5.98. The molecule has 1 saturated carbocycles. The molecule has 2 aromatic heterocycles. The van der Waals surface area contributed by atoms with Gasteiger partial charge in [-0.15, -0.1) is 0 Å². The van der Waals surface area contributed by atoms with Crippen LogP contribution in [0.2, 0.25) is 0 Å². The standard InChI is InChI=1S/C30H34N6O2/c37-30(33-28(19-4-1-2-5-19)29-31-12-3-13-32-29)21-8-11-26-25(14-21)27(35-34-26)20-6-9-24(10-7-20)36-15-22(16-36)23-17-38-18-23/h3,6,8-14,19-20,22-23,28H,1-2,4-5,7,15-18H2,(H,33,37)(H,34,35). The van der Waals surface area contributed by atoms with E-state index >= 15 is 0 Å². The number of aromatic amines is 1. The third-order valence-corrected chi connectivity index (χ3v) is 8.92. The number of hydrogen-bond acceptors (Lipinski definition) is 6. The molecule has 4 aliphatic rings. The molecule has 0 spiro atoms. The molecule has 1 aromatic carbocycles. The maximum atomic E-state index is 13.5. The van der Waals surface area contributed by atoms with Crippen molar-refractivity contribution in [1.29, 1.82) is 0 Å². The largest absolute Gasteiger partial charge is 0.381 e. The average Bonchev–Trinajstić information content (AvgIpc) is 3.59. The van der Waals surface area contributed by atoms with Crippen LogP contribution in [0.25, 0.3) is 10.9 Å². The van der Waals surface area contributed by atoms with Crippen LogP contribution in [0.4, 0.5) is 0 Å². The van der Waals surface area contributed by atoms with E-state index < -0.39 is 0 Å². The number of benzene rings is 1. The Morgan fingerprint density at radius 1 is 1.11 bits per heavy atom. The number of nitrogens with zero attached hydrogens (tertiary/aromatic N) is 4. The number of nitrogens with one attached hydrogen (secondary N) is 2. The second-order valence-corrected chi connectivity index (χ2v) is 11.3. The minimum absolute atomic E-state index is 0.0889. The lowest BCUT2D eigenvalue weighted by Crippen LogP contribution is -2.53. The molecule has 3 fully saturated rings. The van der Waals surface area contributed by atoms with E-state index in [4.69, 9.17) is 4.74 Å². The average molecular weight is 511 g/mol. The van der Waals surface area contributed by atoms with Gasteiger partial charge in [-0.1, -0.05) is 25.0 Å². The van der Waals surface area contributed by atoms with Crippen molar-refractivity contribution in [1.82, 2.24) is 30.4 Å². The molecule has 2 aliphatic carbocycles. The van der Waals surface area contributed by atoms with Gasteiger partial charge in [0.2, 0.25) is 0 Å². The summed E-state index contributed by atoms with van der Waals surface area (Å²) < 4.78 is 5.36. The first-order chi connectivity index (χ1) is 18.7. The van der Waals surface area contributed by atoms with Gasteiger partial charge in [0, 0.05) is 59.9 Å². The van der Waals surface area contributed by atoms with Crippen LogP contribution in [0.15, 0.2) is 60.6 Å². The fraction of sp³-hybridized carbons (Fsp3) is 0.467. The highest BCUT2D eigenvalue weighted by Gasteiger charge is 2.38. The van der Waals surface area contributed by atoms with Crippen LogP contribution in [0.1, 0.15) is 65.9 Å². The molecule has 0 radical (unpaired) electrons. The number of aromatic nitrogens is 4. The Kier molecular flexibility index (Phi) is 6.20. The molecule has 38 heavy (non-hydrogen) atoms. The summed E-state index contributed by atoms with van der Waals surface area (Å²) >= 11 is 0. The second-order valence-electron chi connectivity index (χ2n) is 11.3. The maximum Gasteiger partial charge on any atom is 0.251 e. The van der Waals surface area contributed by atoms with Crippen LogP contribution in [-0.4, -0.2) is 57.3 Å². The van der Waals surface area contributed by atoms with Gasteiger partial charge in [-0.3, -0.25) is 9.89 Å². The lowest BCUT2D eigenvalue weighted by molar-refractivity contribution is -0.0912. The normalized spacial score (nSPS) is 23.2. The number of carbonyl (C=O) groups is 1. The third-order valence-electron chi connectivity index (χ3n) is 8.92. The van der Waals surface area contributed by atoms with Crippen LogP contribution in [0, 0.1) is 17.8 Å². The molecular weight excluding hydrogens is 476 g/mol. The number of fused-ring (bicyclic) bond motifs is 1. The molecule has 2 N–H and O–H groups in total. The zero-order chi connectivity index (χ0) is 25.5. The minimum atomic E-state index is -0.173. The van der Waals surface area contributed by atoms with Crippen LogP contribution in [0.3, 0.4) is 0 Å². The van der Waals surface area contributed by atoms with Crippen LogP contribution in [0.5, 0.6) is 0 Å². The van der Waals surface area contributed by atoms with E-state index in [9.17, 15) is 4.79 Å². The molecule has 7 rings (SSSR count). The summed E-state index contributed by atoms with van der Waals surface area (Å²) in [5, 5.41) is 12.1. The highest BCUT2D eigenvalue weighted by Crippen LogP contribution is 2.37. The van der Waals surface area contributed by atoms with E-state index in [0.29, 0.717) is 17.3 Å². The number of ether oxygens (including phenoxy) is 1. The fourth-order valence-corrected chi connectivity index (χ4v) is 6.44. The Labute approximate surface area is 222 Å². The molecular formula is C30H34N6O2. The lowest BCUT2D eigenvalue weighted by Gasteiger charge is -2.48. The Morgan fingerprint density at radius 2 is 1.92 bits per heavy atom. The van der Waals surface area contributed by atoms with Gasteiger partial charge in [0.15, 0.2) is 5.82 Å². The Morgan fingerprint density at radius 3 is 2.63 bits per heavy atom. The molecule has 3 aromatic rings. The number of rotatable bonds is 7. The first-order valence-corrected chi connectivity index (χ1v) is 14.0. The summed E-state index contributed by atoms with van der Waals surface area (Å²) in [6.45, 7) is 4.14.